The van der Waals surface area contributed by atoms with Crippen LogP contribution in [0.2, 0.25) is 0 Å². The number of aliphatic imine (C=N–C) groups is 1. The van der Waals surface area contributed by atoms with Gasteiger partial charge in [0.15, 0.2) is 5.96 Å². The third-order valence-corrected chi connectivity index (χ3v) is 5.32. The van der Waals surface area contributed by atoms with E-state index >= 15 is 0 Å². The first-order chi connectivity index (χ1) is 11.7. The normalized spacial score (nSPS) is 22.0. The van der Waals surface area contributed by atoms with Gasteiger partial charge in [-0.25, -0.2) is 0 Å². The molecular weight excluding hydrogens is 427 g/mol. The van der Waals surface area contributed by atoms with Crippen LogP contribution in [0.15, 0.2) is 29.3 Å². The van der Waals surface area contributed by atoms with Crippen LogP contribution in [0.3, 0.4) is 0 Å². The predicted molar refractivity (Wildman–Crippen MR) is 115 cm³/mol. The zero-order valence-electron chi connectivity index (χ0n) is 15.4. The molecule has 0 saturated carbocycles. The minimum atomic E-state index is 0. The summed E-state index contributed by atoms with van der Waals surface area (Å²) in [6.07, 6.45) is 3.62. The first-order valence-corrected chi connectivity index (χ1v) is 9.09. The number of likely N-dealkylation sites (tertiary alicyclic amines) is 1. The third kappa shape index (κ3) is 5.39. The van der Waals surface area contributed by atoms with Gasteiger partial charge in [-0.05, 0) is 43.2 Å². The minimum Gasteiger partial charge on any atom is -0.497 e. The number of guanidine groups is 1. The molecule has 2 aliphatic rings. The molecule has 2 aliphatic heterocycles. The first kappa shape index (κ1) is 20.1. The second-order valence-electron chi connectivity index (χ2n) is 7.17. The number of benzene rings is 1. The van der Waals surface area contributed by atoms with Crippen LogP contribution >= 0.6 is 24.0 Å². The number of hydrogen-bond donors (Lipinski definition) is 1. The lowest BCUT2D eigenvalue weighted by Crippen LogP contribution is -2.42. The number of anilines is 1. The fraction of sp³-hybridized carbons (Fsp3) is 0.632. The lowest BCUT2D eigenvalue weighted by atomic mass is 10.00. The van der Waals surface area contributed by atoms with Crippen LogP contribution in [-0.2, 0) is 0 Å². The van der Waals surface area contributed by atoms with Gasteiger partial charge in [-0.1, -0.05) is 13.0 Å². The summed E-state index contributed by atoms with van der Waals surface area (Å²) in [5, 5.41) is 0. The molecule has 0 aliphatic carbocycles. The van der Waals surface area contributed by atoms with Gasteiger partial charge in [-0.15, -0.1) is 24.0 Å². The second-order valence-corrected chi connectivity index (χ2v) is 7.17. The highest BCUT2D eigenvalue weighted by atomic mass is 127. The van der Waals surface area contributed by atoms with Crippen molar-refractivity contribution >= 4 is 35.6 Å². The lowest BCUT2D eigenvalue weighted by molar-refractivity contribution is 0.277. The van der Waals surface area contributed by atoms with Gasteiger partial charge in [-0.3, -0.25) is 4.99 Å². The van der Waals surface area contributed by atoms with Crippen LogP contribution in [0.1, 0.15) is 26.2 Å². The van der Waals surface area contributed by atoms with Crippen LogP contribution in [-0.4, -0.2) is 50.7 Å². The van der Waals surface area contributed by atoms with Crippen molar-refractivity contribution < 1.29 is 4.74 Å². The summed E-state index contributed by atoms with van der Waals surface area (Å²) >= 11 is 0. The molecule has 5 nitrogen and oxygen atoms in total. The molecule has 0 spiro atoms. The number of halogens is 1. The summed E-state index contributed by atoms with van der Waals surface area (Å²) in [5.74, 6) is 3.05. The summed E-state index contributed by atoms with van der Waals surface area (Å²) in [5.41, 5.74) is 7.44. The number of ether oxygens (including phenoxy) is 1. The highest BCUT2D eigenvalue weighted by Gasteiger charge is 2.23. The third-order valence-electron chi connectivity index (χ3n) is 5.32. The van der Waals surface area contributed by atoms with E-state index in [0.29, 0.717) is 5.92 Å². The molecule has 1 atom stereocenters. The number of nitrogens with zero attached hydrogens (tertiary/aromatic N) is 3. The maximum absolute atomic E-state index is 6.20. The zero-order chi connectivity index (χ0) is 16.9. The van der Waals surface area contributed by atoms with E-state index in [0.717, 1.165) is 50.4 Å². The van der Waals surface area contributed by atoms with E-state index in [4.69, 9.17) is 10.5 Å². The molecule has 1 aromatic rings. The minimum absolute atomic E-state index is 0. The topological polar surface area (TPSA) is 54.1 Å². The maximum Gasteiger partial charge on any atom is 0.191 e. The molecule has 0 bridgehead atoms. The largest absolute Gasteiger partial charge is 0.497 e. The second kappa shape index (κ2) is 9.50. The smallest absolute Gasteiger partial charge is 0.191 e. The first-order valence-electron chi connectivity index (χ1n) is 9.09. The van der Waals surface area contributed by atoms with Crippen LogP contribution in [0.4, 0.5) is 5.69 Å². The SMILES string of the molecule is COc1cccc(N2CCC(CN=C(N)N3CCC(C)CC3)C2)c1.I. The molecule has 140 valence electrons. The number of methoxy groups -OCH3 is 1. The van der Waals surface area contributed by atoms with Gasteiger partial charge in [0.25, 0.3) is 0 Å². The van der Waals surface area contributed by atoms with Crippen molar-refractivity contribution in [1.29, 1.82) is 0 Å². The quantitative estimate of drug-likeness (QED) is 0.428. The summed E-state index contributed by atoms with van der Waals surface area (Å²) in [6, 6.07) is 8.29. The average Bonchev–Trinajstić information content (AvgIpc) is 3.09. The van der Waals surface area contributed by atoms with Gasteiger partial charge in [0, 0.05) is 44.5 Å². The number of piperidine rings is 1. The lowest BCUT2D eigenvalue weighted by Gasteiger charge is -2.31. The Morgan fingerprint density at radius 2 is 2.00 bits per heavy atom. The van der Waals surface area contributed by atoms with Crippen molar-refractivity contribution in [1.82, 2.24) is 4.90 Å². The van der Waals surface area contributed by atoms with Crippen molar-refractivity contribution in [3.8, 4) is 5.75 Å². The van der Waals surface area contributed by atoms with Gasteiger partial charge in [0.2, 0.25) is 0 Å². The molecule has 0 amide bonds. The van der Waals surface area contributed by atoms with Gasteiger partial charge in [-0.2, -0.15) is 0 Å². The van der Waals surface area contributed by atoms with E-state index in [1.165, 1.54) is 24.9 Å². The van der Waals surface area contributed by atoms with Crippen molar-refractivity contribution in [2.45, 2.75) is 26.2 Å². The maximum atomic E-state index is 6.20. The molecule has 6 heteroatoms. The van der Waals surface area contributed by atoms with Crippen molar-refractivity contribution in [3.05, 3.63) is 24.3 Å². The molecule has 2 N–H and O–H groups in total. The van der Waals surface area contributed by atoms with E-state index in [9.17, 15) is 0 Å². The number of nitrogens with two attached hydrogens (primary N) is 1. The molecule has 25 heavy (non-hydrogen) atoms. The molecule has 3 rings (SSSR count). The Kier molecular flexibility index (Phi) is 7.65. The molecular formula is C19H31IN4O. The van der Waals surface area contributed by atoms with Crippen molar-refractivity contribution in [2.24, 2.45) is 22.6 Å². The summed E-state index contributed by atoms with van der Waals surface area (Å²) in [7, 11) is 1.71. The van der Waals surface area contributed by atoms with E-state index < -0.39 is 0 Å². The Morgan fingerprint density at radius 3 is 2.72 bits per heavy atom. The predicted octanol–water partition coefficient (Wildman–Crippen LogP) is 3.19. The highest BCUT2D eigenvalue weighted by Crippen LogP contribution is 2.27. The monoisotopic (exact) mass is 458 g/mol. The van der Waals surface area contributed by atoms with Crippen molar-refractivity contribution in [3.63, 3.8) is 0 Å². The van der Waals surface area contributed by atoms with E-state index in [2.05, 4.69) is 39.9 Å². The molecule has 0 aromatic heterocycles. The van der Waals surface area contributed by atoms with Crippen LogP contribution in [0, 0.1) is 11.8 Å². The Labute approximate surface area is 168 Å². The summed E-state index contributed by atoms with van der Waals surface area (Å²) in [6.45, 7) is 7.37. The highest BCUT2D eigenvalue weighted by molar-refractivity contribution is 14.0. The van der Waals surface area contributed by atoms with Crippen LogP contribution < -0.4 is 15.4 Å². The molecule has 1 unspecified atom stereocenters. The molecule has 0 radical (unpaired) electrons. The average molecular weight is 458 g/mol. The Balaban J connectivity index is 0.00000225. The number of hydrogen-bond acceptors (Lipinski definition) is 3. The van der Waals surface area contributed by atoms with Crippen molar-refractivity contribution in [2.75, 3.05) is 44.7 Å². The fourth-order valence-corrected chi connectivity index (χ4v) is 3.58. The Bertz CT molecular complexity index is 572. The van der Waals surface area contributed by atoms with Crippen LogP contribution in [0.25, 0.3) is 0 Å². The molecule has 1 aromatic carbocycles. The van der Waals surface area contributed by atoms with Gasteiger partial charge in [0.05, 0.1) is 7.11 Å². The van der Waals surface area contributed by atoms with Gasteiger partial charge < -0.3 is 20.3 Å². The molecule has 2 fully saturated rings. The zero-order valence-corrected chi connectivity index (χ0v) is 17.7. The summed E-state index contributed by atoms with van der Waals surface area (Å²) < 4.78 is 5.32. The van der Waals surface area contributed by atoms with E-state index in [1.54, 1.807) is 7.11 Å². The van der Waals surface area contributed by atoms with Gasteiger partial charge >= 0.3 is 0 Å². The van der Waals surface area contributed by atoms with E-state index in [1.807, 2.05) is 6.07 Å². The Hall–Kier alpha value is -1.18. The van der Waals surface area contributed by atoms with E-state index in [-0.39, 0.29) is 24.0 Å². The van der Waals surface area contributed by atoms with Gasteiger partial charge in [0.1, 0.15) is 5.75 Å². The standard InChI is InChI=1S/C19H30N4O.HI/c1-15-6-9-22(10-7-15)19(20)21-13-16-8-11-23(14-16)17-4-3-5-18(12-17)24-2;/h3-5,12,15-16H,6-11,13-14H2,1-2H3,(H2,20,21);1H. The summed E-state index contributed by atoms with van der Waals surface area (Å²) in [4.78, 5) is 9.35. The molecule has 2 heterocycles. The fourth-order valence-electron chi connectivity index (χ4n) is 3.58. The van der Waals surface area contributed by atoms with Crippen LogP contribution in [0.5, 0.6) is 5.75 Å². The number of rotatable bonds is 4. The molecule has 2 saturated heterocycles. The Morgan fingerprint density at radius 1 is 1.24 bits per heavy atom.